The first-order chi connectivity index (χ1) is 7.27. The molecule has 0 saturated heterocycles. The summed E-state index contributed by atoms with van der Waals surface area (Å²) in [6, 6.07) is 0. The van der Waals surface area contributed by atoms with Crippen molar-refractivity contribution in [3.63, 3.8) is 0 Å². The zero-order valence-corrected chi connectivity index (χ0v) is 9.26. The third-order valence-electron chi connectivity index (χ3n) is 2.38. The van der Waals surface area contributed by atoms with Gasteiger partial charge in [0.25, 0.3) is 0 Å². The van der Waals surface area contributed by atoms with Crippen LogP contribution in [-0.4, -0.2) is 45.8 Å². The van der Waals surface area contributed by atoms with Gasteiger partial charge in [0.2, 0.25) is 0 Å². The lowest BCUT2D eigenvalue weighted by Crippen LogP contribution is -2.29. The Bertz CT molecular complexity index is 296. The van der Waals surface area contributed by atoms with Gasteiger partial charge in [-0.2, -0.15) is 0 Å². The maximum atomic E-state index is 8.88. The van der Waals surface area contributed by atoms with Gasteiger partial charge in [-0.05, 0) is 0 Å². The van der Waals surface area contributed by atoms with E-state index in [0.29, 0.717) is 6.54 Å². The minimum atomic E-state index is 0.189. The highest BCUT2D eigenvalue weighted by Gasteiger charge is 2.04. The molecule has 0 bridgehead atoms. The summed E-state index contributed by atoms with van der Waals surface area (Å²) in [4.78, 5) is 6.41. The van der Waals surface area contributed by atoms with E-state index in [4.69, 9.17) is 5.11 Å². The maximum absolute atomic E-state index is 8.88. The number of aliphatic hydroxyl groups is 1. The Balaban J connectivity index is 2.39. The third kappa shape index (κ3) is 3.85. The van der Waals surface area contributed by atoms with Crippen LogP contribution in [0, 0.1) is 0 Å². The SMILES string of the molecule is C=CCN(CCO)CCc1nccn1C. The molecule has 0 atom stereocenters. The van der Waals surface area contributed by atoms with Crippen molar-refractivity contribution in [2.75, 3.05) is 26.2 Å². The second kappa shape index (κ2) is 6.37. The molecule has 1 N–H and O–H groups in total. The maximum Gasteiger partial charge on any atom is 0.109 e. The molecule has 0 unspecified atom stereocenters. The van der Waals surface area contributed by atoms with Crippen LogP contribution in [0.1, 0.15) is 5.82 Å². The molecule has 15 heavy (non-hydrogen) atoms. The predicted molar refractivity (Wildman–Crippen MR) is 60.6 cm³/mol. The number of nitrogens with zero attached hydrogens (tertiary/aromatic N) is 3. The highest BCUT2D eigenvalue weighted by molar-refractivity contribution is 4.92. The summed E-state index contributed by atoms with van der Waals surface area (Å²) in [6.45, 7) is 6.29. The minimum Gasteiger partial charge on any atom is -0.395 e. The molecule has 0 radical (unpaired) electrons. The van der Waals surface area contributed by atoms with Crippen LogP contribution < -0.4 is 0 Å². The van der Waals surface area contributed by atoms with Crippen LogP contribution >= 0.6 is 0 Å². The summed E-state index contributed by atoms with van der Waals surface area (Å²) < 4.78 is 2.02. The minimum absolute atomic E-state index is 0.189. The summed E-state index contributed by atoms with van der Waals surface area (Å²) in [5.74, 6) is 1.07. The summed E-state index contributed by atoms with van der Waals surface area (Å²) in [7, 11) is 1.99. The highest BCUT2D eigenvalue weighted by atomic mass is 16.3. The summed E-state index contributed by atoms with van der Waals surface area (Å²) in [5.41, 5.74) is 0. The topological polar surface area (TPSA) is 41.3 Å². The molecular formula is C11H19N3O. The van der Waals surface area contributed by atoms with E-state index in [1.54, 1.807) is 6.20 Å². The van der Waals surface area contributed by atoms with Crippen molar-refractivity contribution < 1.29 is 5.11 Å². The Morgan fingerprint density at radius 3 is 2.93 bits per heavy atom. The normalized spacial score (nSPS) is 10.9. The number of rotatable bonds is 7. The Hall–Kier alpha value is -1.13. The zero-order chi connectivity index (χ0) is 11.1. The van der Waals surface area contributed by atoms with Gasteiger partial charge >= 0.3 is 0 Å². The standard InChI is InChI=1S/C11H19N3O/c1-3-6-14(9-10-15)7-4-11-12-5-8-13(11)2/h3,5,8,15H,1,4,6-7,9-10H2,2H3. The molecule has 0 aromatic carbocycles. The summed E-state index contributed by atoms with van der Waals surface area (Å²) >= 11 is 0. The quantitative estimate of drug-likeness (QED) is 0.663. The van der Waals surface area contributed by atoms with Gasteiger partial charge in [-0.3, -0.25) is 4.90 Å². The lowest BCUT2D eigenvalue weighted by molar-refractivity contribution is 0.209. The third-order valence-corrected chi connectivity index (χ3v) is 2.38. The van der Waals surface area contributed by atoms with Crippen molar-refractivity contribution in [2.45, 2.75) is 6.42 Å². The Morgan fingerprint density at radius 1 is 1.60 bits per heavy atom. The summed E-state index contributed by atoms with van der Waals surface area (Å²) in [5, 5.41) is 8.88. The molecule has 0 amide bonds. The van der Waals surface area contributed by atoms with E-state index in [9.17, 15) is 0 Å². The molecule has 1 aromatic heterocycles. The molecule has 1 heterocycles. The van der Waals surface area contributed by atoms with E-state index in [-0.39, 0.29) is 6.61 Å². The Kier molecular flexibility index (Phi) is 5.07. The Labute approximate surface area is 90.9 Å². The number of hydrogen-bond acceptors (Lipinski definition) is 3. The van der Waals surface area contributed by atoms with Gasteiger partial charge in [0.05, 0.1) is 6.61 Å². The van der Waals surface area contributed by atoms with Crippen molar-refractivity contribution in [2.24, 2.45) is 7.05 Å². The summed E-state index contributed by atoms with van der Waals surface area (Å²) in [6.07, 6.45) is 6.50. The van der Waals surface area contributed by atoms with Gasteiger partial charge < -0.3 is 9.67 Å². The predicted octanol–water partition coefficient (Wildman–Crippen LogP) is 0.443. The van der Waals surface area contributed by atoms with Crippen molar-refractivity contribution in [3.8, 4) is 0 Å². The second-order valence-electron chi connectivity index (χ2n) is 3.52. The van der Waals surface area contributed by atoms with Gasteiger partial charge in [-0.1, -0.05) is 6.08 Å². The molecule has 0 spiro atoms. The lowest BCUT2D eigenvalue weighted by Gasteiger charge is -2.18. The second-order valence-corrected chi connectivity index (χ2v) is 3.52. The van der Waals surface area contributed by atoms with Crippen molar-refractivity contribution in [1.82, 2.24) is 14.5 Å². The van der Waals surface area contributed by atoms with Crippen LogP contribution in [-0.2, 0) is 13.5 Å². The van der Waals surface area contributed by atoms with Crippen LogP contribution in [0.3, 0.4) is 0 Å². The fraction of sp³-hybridized carbons (Fsp3) is 0.545. The molecule has 0 fully saturated rings. The van der Waals surface area contributed by atoms with E-state index in [1.807, 2.05) is 23.9 Å². The van der Waals surface area contributed by atoms with Gasteiger partial charge in [0.1, 0.15) is 5.82 Å². The molecule has 4 nitrogen and oxygen atoms in total. The number of aliphatic hydroxyl groups excluding tert-OH is 1. The first kappa shape index (κ1) is 11.9. The molecule has 1 aromatic rings. The molecule has 1 rings (SSSR count). The van der Waals surface area contributed by atoms with Crippen LogP contribution in [0.15, 0.2) is 25.0 Å². The molecule has 0 aliphatic carbocycles. The van der Waals surface area contributed by atoms with E-state index in [1.165, 1.54) is 0 Å². The molecular weight excluding hydrogens is 190 g/mol. The molecule has 4 heteroatoms. The average Bonchev–Trinajstić information content (AvgIpc) is 2.61. The average molecular weight is 209 g/mol. The van der Waals surface area contributed by atoms with Gasteiger partial charge in [0.15, 0.2) is 0 Å². The largest absolute Gasteiger partial charge is 0.395 e. The lowest BCUT2D eigenvalue weighted by atomic mass is 10.3. The van der Waals surface area contributed by atoms with Crippen LogP contribution in [0.5, 0.6) is 0 Å². The number of aromatic nitrogens is 2. The number of aryl methyl sites for hydroxylation is 1. The fourth-order valence-electron chi connectivity index (χ4n) is 1.51. The smallest absolute Gasteiger partial charge is 0.109 e. The van der Waals surface area contributed by atoms with Crippen molar-refractivity contribution >= 4 is 0 Å². The highest BCUT2D eigenvalue weighted by Crippen LogP contribution is 1.98. The Morgan fingerprint density at radius 2 is 2.40 bits per heavy atom. The fourth-order valence-corrected chi connectivity index (χ4v) is 1.51. The van der Waals surface area contributed by atoms with E-state index < -0.39 is 0 Å². The number of hydrogen-bond donors (Lipinski definition) is 1. The van der Waals surface area contributed by atoms with Crippen molar-refractivity contribution in [1.29, 1.82) is 0 Å². The van der Waals surface area contributed by atoms with Gasteiger partial charge in [-0.25, -0.2) is 4.98 Å². The first-order valence-corrected chi connectivity index (χ1v) is 5.18. The monoisotopic (exact) mass is 209 g/mol. The molecule has 0 aliphatic rings. The number of imidazole rings is 1. The van der Waals surface area contributed by atoms with Crippen molar-refractivity contribution in [3.05, 3.63) is 30.9 Å². The van der Waals surface area contributed by atoms with E-state index >= 15 is 0 Å². The molecule has 0 saturated carbocycles. The van der Waals surface area contributed by atoms with Crippen LogP contribution in [0.4, 0.5) is 0 Å². The van der Waals surface area contributed by atoms with E-state index in [0.717, 1.165) is 25.3 Å². The first-order valence-electron chi connectivity index (χ1n) is 5.18. The van der Waals surface area contributed by atoms with Crippen LogP contribution in [0.2, 0.25) is 0 Å². The molecule has 0 aliphatic heterocycles. The zero-order valence-electron chi connectivity index (χ0n) is 9.26. The molecule has 84 valence electrons. The van der Waals surface area contributed by atoms with Crippen LogP contribution in [0.25, 0.3) is 0 Å². The van der Waals surface area contributed by atoms with Gasteiger partial charge in [0, 0.05) is 45.5 Å². The van der Waals surface area contributed by atoms with E-state index in [2.05, 4.69) is 16.5 Å². The van der Waals surface area contributed by atoms with Gasteiger partial charge in [-0.15, -0.1) is 6.58 Å².